The van der Waals surface area contributed by atoms with Gasteiger partial charge < -0.3 is 4.74 Å². The van der Waals surface area contributed by atoms with Gasteiger partial charge in [-0.05, 0) is 32.5 Å². The molecule has 0 spiro atoms. The van der Waals surface area contributed by atoms with Gasteiger partial charge in [-0.15, -0.1) is 24.0 Å². The molecule has 0 radical (unpaired) electrons. The average molecular weight is 278 g/mol. The normalized spacial score (nSPS) is 12.1. The van der Waals surface area contributed by atoms with Gasteiger partial charge in [-0.1, -0.05) is 24.6 Å². The van der Waals surface area contributed by atoms with Crippen molar-refractivity contribution in [3.8, 4) is 5.75 Å². The summed E-state index contributed by atoms with van der Waals surface area (Å²) in [6, 6.07) is 8.11. The smallest absolute Gasteiger partial charge is 0.149 e. The minimum atomic E-state index is 0. The summed E-state index contributed by atoms with van der Waals surface area (Å²) in [6.45, 7) is 8.03. The number of ether oxygens (including phenoxy) is 1. The fourth-order valence-electron chi connectivity index (χ4n) is 1.59. The van der Waals surface area contributed by atoms with E-state index in [9.17, 15) is 0 Å². The number of aryl methyl sites for hydroxylation is 1. The van der Waals surface area contributed by atoms with Crippen LogP contribution < -0.4 is 4.74 Å². The Morgan fingerprint density at radius 3 is 2.35 bits per heavy atom. The van der Waals surface area contributed by atoms with Gasteiger partial charge >= 0.3 is 0 Å². The summed E-state index contributed by atoms with van der Waals surface area (Å²) >= 11 is 5.75. The summed E-state index contributed by atoms with van der Waals surface area (Å²) in [6.07, 6.45) is 0.0615. The monoisotopic (exact) mass is 277 g/mol. The first kappa shape index (κ1) is 16.6. The largest absolute Gasteiger partial charge is 0.475 e. The van der Waals surface area contributed by atoms with Gasteiger partial charge in [-0.2, -0.15) is 0 Å². The van der Waals surface area contributed by atoms with Crippen molar-refractivity contribution in [3.63, 3.8) is 0 Å². The summed E-state index contributed by atoms with van der Waals surface area (Å²) < 4.78 is 5.84. The maximum absolute atomic E-state index is 5.84. The predicted molar refractivity (Wildman–Crippen MR) is 76.5 cm³/mol. The molecule has 0 aliphatic carbocycles. The van der Waals surface area contributed by atoms with E-state index >= 15 is 0 Å². The molecule has 0 amide bonds. The lowest BCUT2D eigenvalue weighted by molar-refractivity contribution is 0.0487. The molecular weight excluding hydrogens is 257 g/mol. The Balaban J connectivity index is 0.00000256. The Morgan fingerprint density at radius 1 is 1.29 bits per heavy atom. The first-order valence-electron chi connectivity index (χ1n) is 5.70. The van der Waals surface area contributed by atoms with Crippen LogP contribution in [0, 0.1) is 6.92 Å². The maximum atomic E-state index is 5.84. The highest BCUT2D eigenvalue weighted by molar-refractivity contribution is 6.18. The number of hydrogen-bond acceptors (Lipinski definition) is 2. The SMILES string of the molecule is CCN(CCCl)C(C)Oc1ccc(C)cc1.Cl. The Kier molecular flexibility index (Phi) is 8.40. The topological polar surface area (TPSA) is 12.5 Å². The number of nitrogens with zero attached hydrogens (tertiary/aromatic N) is 1. The third kappa shape index (κ3) is 5.62. The van der Waals surface area contributed by atoms with Crippen LogP contribution in [-0.2, 0) is 0 Å². The molecule has 1 atom stereocenters. The highest BCUT2D eigenvalue weighted by atomic mass is 35.5. The molecule has 1 aromatic carbocycles. The fourth-order valence-corrected chi connectivity index (χ4v) is 1.81. The van der Waals surface area contributed by atoms with Crippen LogP contribution in [0.15, 0.2) is 24.3 Å². The van der Waals surface area contributed by atoms with E-state index in [1.54, 1.807) is 0 Å². The summed E-state index contributed by atoms with van der Waals surface area (Å²) in [7, 11) is 0. The molecule has 1 unspecified atom stereocenters. The van der Waals surface area contributed by atoms with Crippen LogP contribution in [0.5, 0.6) is 5.75 Å². The first-order valence-corrected chi connectivity index (χ1v) is 6.24. The standard InChI is InChI=1S/C13H20ClNO.ClH/c1-4-15(10-9-14)12(3)16-13-7-5-11(2)6-8-13;/h5-8,12H,4,9-10H2,1-3H3;1H. The molecule has 0 fully saturated rings. The third-order valence-electron chi connectivity index (χ3n) is 2.62. The second-order valence-electron chi connectivity index (χ2n) is 3.85. The Labute approximate surface area is 115 Å². The zero-order valence-electron chi connectivity index (χ0n) is 10.6. The quantitative estimate of drug-likeness (QED) is 0.581. The van der Waals surface area contributed by atoms with Crippen molar-refractivity contribution in [2.75, 3.05) is 19.0 Å². The van der Waals surface area contributed by atoms with E-state index < -0.39 is 0 Å². The summed E-state index contributed by atoms with van der Waals surface area (Å²) in [5, 5.41) is 0. The summed E-state index contributed by atoms with van der Waals surface area (Å²) in [5.74, 6) is 1.54. The van der Waals surface area contributed by atoms with Gasteiger partial charge in [0, 0.05) is 12.4 Å². The summed E-state index contributed by atoms with van der Waals surface area (Å²) in [4.78, 5) is 2.20. The molecule has 4 heteroatoms. The van der Waals surface area contributed by atoms with Gasteiger partial charge in [-0.25, -0.2) is 0 Å². The van der Waals surface area contributed by atoms with Gasteiger partial charge in [-0.3, -0.25) is 4.90 Å². The van der Waals surface area contributed by atoms with Crippen LogP contribution in [0.2, 0.25) is 0 Å². The average Bonchev–Trinajstić information content (AvgIpc) is 2.29. The molecule has 17 heavy (non-hydrogen) atoms. The number of rotatable bonds is 6. The molecule has 0 aliphatic heterocycles. The number of halogens is 2. The Bertz CT molecular complexity index is 303. The van der Waals surface area contributed by atoms with Crippen molar-refractivity contribution in [2.24, 2.45) is 0 Å². The fraction of sp³-hybridized carbons (Fsp3) is 0.538. The molecule has 0 saturated carbocycles. The van der Waals surface area contributed by atoms with E-state index in [1.165, 1.54) is 5.56 Å². The van der Waals surface area contributed by atoms with E-state index in [-0.39, 0.29) is 18.6 Å². The molecule has 0 aromatic heterocycles. The van der Waals surface area contributed by atoms with Gasteiger partial charge in [0.15, 0.2) is 0 Å². The van der Waals surface area contributed by atoms with Crippen molar-refractivity contribution < 1.29 is 4.74 Å². The highest BCUT2D eigenvalue weighted by Gasteiger charge is 2.12. The molecular formula is C13H21Cl2NO. The van der Waals surface area contributed by atoms with E-state index in [0.717, 1.165) is 18.8 Å². The van der Waals surface area contributed by atoms with E-state index in [4.69, 9.17) is 16.3 Å². The van der Waals surface area contributed by atoms with Crippen molar-refractivity contribution in [1.82, 2.24) is 4.90 Å². The zero-order chi connectivity index (χ0) is 12.0. The molecule has 0 heterocycles. The van der Waals surface area contributed by atoms with Gasteiger partial charge in [0.1, 0.15) is 12.0 Å². The van der Waals surface area contributed by atoms with Crippen LogP contribution in [-0.4, -0.2) is 30.1 Å². The maximum Gasteiger partial charge on any atom is 0.149 e. The van der Waals surface area contributed by atoms with Crippen molar-refractivity contribution >= 4 is 24.0 Å². The minimum absolute atomic E-state index is 0. The molecule has 0 bridgehead atoms. The second kappa shape index (κ2) is 8.62. The molecule has 0 N–H and O–H groups in total. The van der Waals surface area contributed by atoms with Crippen LogP contribution in [0.1, 0.15) is 19.4 Å². The highest BCUT2D eigenvalue weighted by Crippen LogP contribution is 2.14. The zero-order valence-corrected chi connectivity index (χ0v) is 12.2. The molecule has 1 aromatic rings. The Hall–Kier alpha value is -0.440. The lowest BCUT2D eigenvalue weighted by Gasteiger charge is -2.27. The van der Waals surface area contributed by atoms with Crippen LogP contribution in [0.25, 0.3) is 0 Å². The second-order valence-corrected chi connectivity index (χ2v) is 4.23. The van der Waals surface area contributed by atoms with Crippen molar-refractivity contribution in [2.45, 2.75) is 27.0 Å². The Morgan fingerprint density at radius 2 is 1.88 bits per heavy atom. The lowest BCUT2D eigenvalue weighted by Crippen LogP contribution is -2.38. The third-order valence-corrected chi connectivity index (χ3v) is 2.79. The van der Waals surface area contributed by atoms with Gasteiger partial charge in [0.25, 0.3) is 0 Å². The number of alkyl halides is 1. The van der Waals surface area contributed by atoms with Gasteiger partial charge in [0.05, 0.1) is 0 Å². The molecule has 0 saturated heterocycles. The summed E-state index contributed by atoms with van der Waals surface area (Å²) in [5.41, 5.74) is 1.24. The van der Waals surface area contributed by atoms with E-state index in [1.807, 2.05) is 12.1 Å². The minimum Gasteiger partial charge on any atom is -0.475 e. The molecule has 98 valence electrons. The predicted octanol–water partition coefficient (Wildman–Crippen LogP) is 3.70. The van der Waals surface area contributed by atoms with Crippen LogP contribution in [0.3, 0.4) is 0 Å². The molecule has 1 rings (SSSR count). The first-order chi connectivity index (χ1) is 7.67. The van der Waals surface area contributed by atoms with E-state index in [0.29, 0.717) is 5.88 Å². The van der Waals surface area contributed by atoms with Crippen molar-refractivity contribution in [3.05, 3.63) is 29.8 Å². The van der Waals surface area contributed by atoms with Crippen LogP contribution >= 0.6 is 24.0 Å². The lowest BCUT2D eigenvalue weighted by atomic mass is 10.2. The number of benzene rings is 1. The van der Waals surface area contributed by atoms with Crippen molar-refractivity contribution in [1.29, 1.82) is 0 Å². The van der Waals surface area contributed by atoms with Crippen LogP contribution in [0.4, 0.5) is 0 Å². The van der Waals surface area contributed by atoms with E-state index in [2.05, 4.69) is 37.8 Å². The molecule has 0 aliphatic rings. The molecule has 2 nitrogen and oxygen atoms in total. The number of hydrogen-bond donors (Lipinski definition) is 0. The van der Waals surface area contributed by atoms with Gasteiger partial charge in [0.2, 0.25) is 0 Å².